The van der Waals surface area contributed by atoms with Crippen molar-refractivity contribution in [3.63, 3.8) is 0 Å². The minimum Gasteiger partial charge on any atom is -0.363 e. The molecule has 1 unspecified atom stereocenters. The Morgan fingerprint density at radius 2 is 2.00 bits per heavy atom. The molecule has 2 rings (SSSR count). The predicted molar refractivity (Wildman–Crippen MR) is 69.3 cm³/mol. The molecule has 19 heavy (non-hydrogen) atoms. The van der Waals surface area contributed by atoms with Gasteiger partial charge in [0.25, 0.3) is 5.69 Å². The van der Waals surface area contributed by atoms with E-state index in [0.717, 1.165) is 5.56 Å². The fourth-order valence-electron chi connectivity index (χ4n) is 1.67. The van der Waals surface area contributed by atoms with Crippen LogP contribution in [0, 0.1) is 15.9 Å². The summed E-state index contributed by atoms with van der Waals surface area (Å²) in [5, 5.41) is 13.7. The molecule has 0 fully saturated rings. The molecule has 2 aromatic rings. The van der Waals surface area contributed by atoms with Crippen molar-refractivity contribution in [1.29, 1.82) is 0 Å². The standard InChI is InChI=1S/C13H12FN3O2/c1-9(10-2-4-11(14)5-3-10)16-13-8-12(17(18)19)6-7-15-13/h2-9H,1H3,(H,15,16). The molecular formula is C13H12FN3O2. The number of aromatic nitrogens is 1. The van der Waals surface area contributed by atoms with Crippen LogP contribution in [0.3, 0.4) is 0 Å². The van der Waals surface area contributed by atoms with Gasteiger partial charge in [-0.2, -0.15) is 0 Å². The maximum Gasteiger partial charge on any atom is 0.274 e. The van der Waals surface area contributed by atoms with E-state index in [0.29, 0.717) is 5.82 Å². The molecule has 0 aliphatic rings. The molecule has 0 aliphatic carbocycles. The van der Waals surface area contributed by atoms with Crippen molar-refractivity contribution in [3.8, 4) is 0 Å². The predicted octanol–water partition coefficient (Wildman–Crippen LogP) is 3.30. The summed E-state index contributed by atoms with van der Waals surface area (Å²) in [4.78, 5) is 14.2. The van der Waals surface area contributed by atoms with E-state index >= 15 is 0 Å². The number of anilines is 1. The minimum atomic E-state index is -0.477. The van der Waals surface area contributed by atoms with Crippen molar-refractivity contribution in [2.24, 2.45) is 0 Å². The van der Waals surface area contributed by atoms with Gasteiger partial charge in [0.05, 0.1) is 11.0 Å². The van der Waals surface area contributed by atoms with Gasteiger partial charge in [-0.15, -0.1) is 0 Å². The molecule has 0 radical (unpaired) electrons. The van der Waals surface area contributed by atoms with Gasteiger partial charge in [-0.05, 0) is 24.6 Å². The second kappa shape index (κ2) is 5.43. The van der Waals surface area contributed by atoms with Crippen molar-refractivity contribution in [1.82, 2.24) is 4.98 Å². The lowest BCUT2D eigenvalue weighted by Gasteiger charge is -2.14. The number of nitrogens with one attached hydrogen (secondary N) is 1. The lowest BCUT2D eigenvalue weighted by atomic mass is 10.1. The van der Waals surface area contributed by atoms with Crippen LogP contribution in [0.15, 0.2) is 42.6 Å². The van der Waals surface area contributed by atoms with Gasteiger partial charge in [-0.1, -0.05) is 12.1 Å². The first-order chi connectivity index (χ1) is 9.06. The van der Waals surface area contributed by atoms with Gasteiger partial charge >= 0.3 is 0 Å². The molecule has 0 amide bonds. The summed E-state index contributed by atoms with van der Waals surface area (Å²) < 4.78 is 12.8. The second-order valence-corrected chi connectivity index (χ2v) is 4.07. The van der Waals surface area contributed by atoms with Gasteiger partial charge in [-0.25, -0.2) is 9.37 Å². The Balaban J connectivity index is 2.14. The number of pyridine rings is 1. The summed E-state index contributed by atoms with van der Waals surface area (Å²) in [6, 6.07) is 8.61. The SMILES string of the molecule is CC(Nc1cc([N+](=O)[O-])ccn1)c1ccc(F)cc1. The van der Waals surface area contributed by atoms with E-state index in [2.05, 4.69) is 10.3 Å². The molecule has 0 aliphatic heterocycles. The van der Waals surface area contributed by atoms with E-state index in [-0.39, 0.29) is 17.5 Å². The minimum absolute atomic E-state index is 0.0243. The van der Waals surface area contributed by atoms with Gasteiger partial charge in [0.1, 0.15) is 11.6 Å². The number of hydrogen-bond acceptors (Lipinski definition) is 4. The van der Waals surface area contributed by atoms with E-state index in [1.807, 2.05) is 6.92 Å². The van der Waals surface area contributed by atoms with E-state index in [1.54, 1.807) is 12.1 Å². The molecule has 6 heteroatoms. The average molecular weight is 261 g/mol. The van der Waals surface area contributed by atoms with E-state index < -0.39 is 4.92 Å². The molecule has 0 spiro atoms. The van der Waals surface area contributed by atoms with E-state index in [9.17, 15) is 14.5 Å². The lowest BCUT2D eigenvalue weighted by molar-refractivity contribution is -0.384. The van der Waals surface area contributed by atoms with E-state index in [1.165, 1.54) is 30.5 Å². The maximum atomic E-state index is 12.8. The Labute approximate surface area is 109 Å². The molecule has 1 heterocycles. The van der Waals surface area contributed by atoms with Crippen molar-refractivity contribution in [2.75, 3.05) is 5.32 Å². The Kier molecular flexibility index (Phi) is 3.70. The van der Waals surface area contributed by atoms with Crippen LogP contribution in [0.1, 0.15) is 18.5 Å². The third-order valence-corrected chi connectivity index (χ3v) is 2.69. The zero-order chi connectivity index (χ0) is 13.8. The smallest absolute Gasteiger partial charge is 0.274 e. The first-order valence-electron chi connectivity index (χ1n) is 5.68. The topological polar surface area (TPSA) is 68.1 Å². The third kappa shape index (κ3) is 3.25. The summed E-state index contributed by atoms with van der Waals surface area (Å²) >= 11 is 0. The highest BCUT2D eigenvalue weighted by Crippen LogP contribution is 2.20. The Morgan fingerprint density at radius 1 is 1.32 bits per heavy atom. The van der Waals surface area contributed by atoms with Gasteiger partial charge in [0, 0.05) is 18.3 Å². The molecular weight excluding hydrogens is 249 g/mol. The van der Waals surface area contributed by atoms with Gasteiger partial charge < -0.3 is 5.32 Å². The normalized spacial score (nSPS) is 11.9. The summed E-state index contributed by atoms with van der Waals surface area (Å²) in [5.74, 6) is 0.107. The molecule has 1 aromatic heterocycles. The van der Waals surface area contributed by atoms with Gasteiger partial charge in [-0.3, -0.25) is 10.1 Å². The fraction of sp³-hybridized carbons (Fsp3) is 0.154. The number of halogens is 1. The first kappa shape index (κ1) is 12.9. The number of rotatable bonds is 4. The molecule has 98 valence electrons. The Morgan fingerprint density at radius 3 is 2.63 bits per heavy atom. The summed E-state index contributed by atoms with van der Waals surface area (Å²) in [6.07, 6.45) is 1.37. The first-order valence-corrected chi connectivity index (χ1v) is 5.68. The van der Waals surface area contributed by atoms with Crippen molar-refractivity contribution in [2.45, 2.75) is 13.0 Å². The number of nitrogens with zero attached hydrogens (tertiary/aromatic N) is 2. The highest BCUT2D eigenvalue weighted by molar-refractivity contribution is 5.45. The molecule has 0 saturated carbocycles. The molecule has 1 N–H and O–H groups in total. The monoisotopic (exact) mass is 261 g/mol. The molecule has 0 bridgehead atoms. The highest BCUT2D eigenvalue weighted by atomic mass is 19.1. The van der Waals surface area contributed by atoms with Crippen molar-refractivity contribution < 1.29 is 9.31 Å². The zero-order valence-corrected chi connectivity index (χ0v) is 10.2. The van der Waals surface area contributed by atoms with Gasteiger partial charge in [0.15, 0.2) is 0 Å². The molecule has 0 saturated heterocycles. The number of nitro groups is 1. The summed E-state index contributed by atoms with van der Waals surface area (Å²) in [6.45, 7) is 1.87. The number of hydrogen-bond donors (Lipinski definition) is 1. The molecule has 5 nitrogen and oxygen atoms in total. The van der Waals surface area contributed by atoms with Crippen LogP contribution in [0.5, 0.6) is 0 Å². The van der Waals surface area contributed by atoms with Crippen LogP contribution in [0.25, 0.3) is 0 Å². The van der Waals surface area contributed by atoms with Crippen LogP contribution < -0.4 is 5.32 Å². The van der Waals surface area contributed by atoms with Crippen LogP contribution in [0.2, 0.25) is 0 Å². The molecule has 1 atom stereocenters. The third-order valence-electron chi connectivity index (χ3n) is 2.69. The van der Waals surface area contributed by atoms with Crippen LogP contribution in [0.4, 0.5) is 15.9 Å². The quantitative estimate of drug-likeness (QED) is 0.677. The average Bonchev–Trinajstić information content (AvgIpc) is 2.39. The van der Waals surface area contributed by atoms with Crippen LogP contribution >= 0.6 is 0 Å². The highest BCUT2D eigenvalue weighted by Gasteiger charge is 2.10. The van der Waals surface area contributed by atoms with E-state index in [4.69, 9.17) is 0 Å². The lowest BCUT2D eigenvalue weighted by Crippen LogP contribution is -2.08. The second-order valence-electron chi connectivity index (χ2n) is 4.07. The van der Waals surface area contributed by atoms with Crippen LogP contribution in [-0.4, -0.2) is 9.91 Å². The van der Waals surface area contributed by atoms with Gasteiger partial charge in [0.2, 0.25) is 0 Å². The van der Waals surface area contributed by atoms with Crippen LogP contribution in [-0.2, 0) is 0 Å². The summed E-state index contributed by atoms with van der Waals surface area (Å²) in [7, 11) is 0. The maximum absolute atomic E-state index is 12.8. The number of benzene rings is 1. The Bertz CT molecular complexity index is 587. The molecule has 1 aromatic carbocycles. The largest absolute Gasteiger partial charge is 0.363 e. The summed E-state index contributed by atoms with van der Waals surface area (Å²) in [5.41, 5.74) is 0.846. The zero-order valence-electron chi connectivity index (χ0n) is 10.2. The fourth-order valence-corrected chi connectivity index (χ4v) is 1.67. The Hall–Kier alpha value is -2.50. The van der Waals surface area contributed by atoms with Crippen molar-refractivity contribution >= 4 is 11.5 Å². The van der Waals surface area contributed by atoms with Crippen molar-refractivity contribution in [3.05, 3.63) is 64.1 Å².